The molecule has 0 amide bonds. The third-order valence-electron chi connectivity index (χ3n) is 3.82. The summed E-state index contributed by atoms with van der Waals surface area (Å²) < 4.78 is 0. The van der Waals surface area contributed by atoms with Crippen molar-refractivity contribution in [3.63, 3.8) is 0 Å². The number of nitrogens with one attached hydrogen (secondary N) is 1. The number of rotatable bonds is 3. The second-order valence-corrected chi connectivity index (χ2v) is 5.52. The van der Waals surface area contributed by atoms with Crippen LogP contribution in [0.15, 0.2) is 53.3 Å². The molecular weight excluding hydrogens is 300 g/mol. The van der Waals surface area contributed by atoms with Crippen LogP contribution in [-0.4, -0.2) is 9.97 Å². The molecule has 3 rings (SSSR count). The van der Waals surface area contributed by atoms with Gasteiger partial charge in [-0.15, -0.1) is 0 Å². The Morgan fingerprint density at radius 1 is 1.08 bits per heavy atom. The Hall–Kier alpha value is -3.23. The first kappa shape index (κ1) is 15.7. The summed E-state index contributed by atoms with van der Waals surface area (Å²) in [7, 11) is 0. The maximum Gasteiger partial charge on any atom is 0.269 e. The zero-order chi connectivity index (χ0) is 17.1. The van der Waals surface area contributed by atoms with Gasteiger partial charge < -0.3 is 10.7 Å². The van der Waals surface area contributed by atoms with E-state index in [0.717, 1.165) is 22.3 Å². The monoisotopic (exact) mass is 316 g/mol. The first-order chi connectivity index (χ1) is 11.6. The molecule has 3 N–H and O–H groups in total. The van der Waals surface area contributed by atoms with Gasteiger partial charge in [-0.25, -0.2) is 4.98 Å². The maximum absolute atomic E-state index is 12.3. The second-order valence-electron chi connectivity index (χ2n) is 5.52. The number of aromatic nitrogens is 2. The first-order valence-corrected chi connectivity index (χ1v) is 7.53. The van der Waals surface area contributed by atoms with Crippen molar-refractivity contribution in [1.82, 2.24) is 9.97 Å². The van der Waals surface area contributed by atoms with Gasteiger partial charge in [0.05, 0.1) is 5.69 Å². The highest BCUT2D eigenvalue weighted by Gasteiger charge is 2.14. The van der Waals surface area contributed by atoms with E-state index in [1.807, 2.05) is 61.5 Å². The number of nitrogens with two attached hydrogens (primary N) is 1. The van der Waals surface area contributed by atoms with E-state index >= 15 is 0 Å². The Kier molecular flexibility index (Phi) is 4.23. The largest absolute Gasteiger partial charge is 0.326 e. The van der Waals surface area contributed by atoms with Crippen molar-refractivity contribution in [2.24, 2.45) is 5.73 Å². The summed E-state index contributed by atoms with van der Waals surface area (Å²) in [6, 6.07) is 17.0. The van der Waals surface area contributed by atoms with E-state index in [4.69, 9.17) is 5.73 Å². The van der Waals surface area contributed by atoms with Crippen molar-refractivity contribution in [1.29, 1.82) is 5.26 Å². The molecule has 2 aromatic carbocycles. The molecule has 0 aliphatic carbocycles. The van der Waals surface area contributed by atoms with E-state index in [2.05, 4.69) is 9.97 Å². The van der Waals surface area contributed by atoms with Crippen LogP contribution in [0.25, 0.3) is 22.6 Å². The van der Waals surface area contributed by atoms with E-state index in [9.17, 15) is 10.1 Å². The van der Waals surface area contributed by atoms with Gasteiger partial charge >= 0.3 is 0 Å². The number of benzene rings is 2. The third kappa shape index (κ3) is 2.96. The van der Waals surface area contributed by atoms with Crippen LogP contribution in [0, 0.1) is 18.3 Å². The lowest BCUT2D eigenvalue weighted by Gasteiger charge is -2.08. The molecule has 0 fully saturated rings. The summed E-state index contributed by atoms with van der Waals surface area (Å²) in [6.45, 7) is 2.43. The lowest BCUT2D eigenvalue weighted by molar-refractivity contribution is 1.07. The fraction of sp³-hybridized carbons (Fsp3) is 0.105. The van der Waals surface area contributed by atoms with E-state index in [1.54, 1.807) is 0 Å². The average Bonchev–Trinajstić information content (AvgIpc) is 2.62. The molecule has 3 aromatic rings. The quantitative estimate of drug-likeness (QED) is 0.776. The topological polar surface area (TPSA) is 95.6 Å². The molecule has 0 saturated heterocycles. The minimum atomic E-state index is -0.444. The molecule has 0 bridgehead atoms. The van der Waals surface area contributed by atoms with Crippen LogP contribution in [0.5, 0.6) is 0 Å². The molecule has 1 aromatic heterocycles. The lowest BCUT2D eigenvalue weighted by atomic mass is 10.1. The van der Waals surface area contributed by atoms with E-state index < -0.39 is 5.56 Å². The molecule has 1 heterocycles. The number of hydrogen-bond donors (Lipinski definition) is 2. The van der Waals surface area contributed by atoms with Crippen molar-refractivity contribution in [3.05, 3.63) is 75.6 Å². The first-order valence-electron chi connectivity index (χ1n) is 7.53. The number of aromatic amines is 1. The van der Waals surface area contributed by atoms with Crippen molar-refractivity contribution >= 4 is 0 Å². The van der Waals surface area contributed by atoms with Crippen molar-refractivity contribution in [2.45, 2.75) is 13.5 Å². The standard InChI is InChI=1S/C19H16N4O/c1-12-2-6-14(7-3-12)17-16(11-21)19(24)23-18(22-17)15-8-4-13(10-20)5-9-15/h2-9H,10,20H2,1H3,(H,22,23,24). The van der Waals surface area contributed by atoms with Crippen LogP contribution in [-0.2, 0) is 6.54 Å². The van der Waals surface area contributed by atoms with Crippen LogP contribution in [0.1, 0.15) is 16.7 Å². The summed E-state index contributed by atoms with van der Waals surface area (Å²) >= 11 is 0. The Labute approximate surface area is 139 Å². The molecule has 0 unspecified atom stereocenters. The molecule has 0 aliphatic rings. The summed E-state index contributed by atoms with van der Waals surface area (Å²) in [5.41, 5.74) is 9.16. The van der Waals surface area contributed by atoms with Gasteiger partial charge in [0, 0.05) is 17.7 Å². The predicted molar refractivity (Wildman–Crippen MR) is 93.1 cm³/mol. The Bertz CT molecular complexity index is 964. The van der Waals surface area contributed by atoms with Gasteiger partial charge in [0.25, 0.3) is 5.56 Å². The SMILES string of the molecule is Cc1ccc(-c2nc(-c3ccc(CN)cc3)[nH]c(=O)c2C#N)cc1. The highest BCUT2D eigenvalue weighted by Crippen LogP contribution is 2.23. The summed E-state index contributed by atoms with van der Waals surface area (Å²) in [6.07, 6.45) is 0. The van der Waals surface area contributed by atoms with Crippen LogP contribution < -0.4 is 11.3 Å². The fourth-order valence-electron chi connectivity index (χ4n) is 2.43. The molecule has 0 radical (unpaired) electrons. The van der Waals surface area contributed by atoms with Gasteiger partial charge in [-0.2, -0.15) is 5.26 Å². The Balaban J connectivity index is 2.17. The van der Waals surface area contributed by atoms with Crippen molar-refractivity contribution < 1.29 is 0 Å². The van der Waals surface area contributed by atoms with Crippen LogP contribution in [0.2, 0.25) is 0 Å². The number of hydrogen-bond acceptors (Lipinski definition) is 4. The fourth-order valence-corrected chi connectivity index (χ4v) is 2.43. The van der Waals surface area contributed by atoms with Crippen LogP contribution in [0.3, 0.4) is 0 Å². The Morgan fingerprint density at radius 3 is 2.29 bits per heavy atom. The van der Waals surface area contributed by atoms with E-state index in [-0.39, 0.29) is 5.56 Å². The van der Waals surface area contributed by atoms with E-state index in [1.165, 1.54) is 0 Å². The molecular formula is C19H16N4O. The van der Waals surface area contributed by atoms with E-state index in [0.29, 0.717) is 18.1 Å². The van der Waals surface area contributed by atoms with Gasteiger partial charge in [-0.05, 0) is 12.5 Å². The molecule has 24 heavy (non-hydrogen) atoms. The molecule has 5 heteroatoms. The van der Waals surface area contributed by atoms with Gasteiger partial charge in [0.15, 0.2) is 0 Å². The summed E-state index contributed by atoms with van der Waals surface area (Å²) in [4.78, 5) is 19.5. The third-order valence-corrected chi connectivity index (χ3v) is 3.82. The minimum absolute atomic E-state index is 0.0150. The highest BCUT2D eigenvalue weighted by atomic mass is 16.1. The number of H-pyrrole nitrogens is 1. The number of nitriles is 1. The molecule has 0 aliphatic heterocycles. The van der Waals surface area contributed by atoms with Gasteiger partial charge in [0.2, 0.25) is 0 Å². The molecule has 0 saturated carbocycles. The normalized spacial score (nSPS) is 10.4. The van der Waals surface area contributed by atoms with Crippen molar-refractivity contribution in [3.8, 4) is 28.7 Å². The summed E-state index contributed by atoms with van der Waals surface area (Å²) in [5.74, 6) is 0.429. The van der Waals surface area contributed by atoms with Gasteiger partial charge in [-0.3, -0.25) is 4.79 Å². The second kappa shape index (κ2) is 6.49. The predicted octanol–water partition coefficient (Wildman–Crippen LogP) is 2.74. The zero-order valence-corrected chi connectivity index (χ0v) is 13.2. The Morgan fingerprint density at radius 2 is 1.71 bits per heavy atom. The van der Waals surface area contributed by atoms with Gasteiger partial charge in [0.1, 0.15) is 17.5 Å². The molecule has 0 atom stereocenters. The van der Waals surface area contributed by atoms with Crippen molar-refractivity contribution in [2.75, 3.05) is 0 Å². The average molecular weight is 316 g/mol. The zero-order valence-electron chi connectivity index (χ0n) is 13.2. The molecule has 118 valence electrons. The number of aryl methyl sites for hydroxylation is 1. The highest BCUT2D eigenvalue weighted by molar-refractivity contribution is 5.69. The number of nitrogens with zero attached hydrogens (tertiary/aromatic N) is 2. The lowest BCUT2D eigenvalue weighted by Crippen LogP contribution is -2.15. The van der Waals surface area contributed by atoms with Crippen LogP contribution in [0.4, 0.5) is 0 Å². The summed E-state index contributed by atoms with van der Waals surface area (Å²) in [5, 5.41) is 9.32. The van der Waals surface area contributed by atoms with Gasteiger partial charge in [-0.1, -0.05) is 54.1 Å². The molecule has 0 spiro atoms. The maximum atomic E-state index is 12.3. The minimum Gasteiger partial charge on any atom is -0.326 e. The van der Waals surface area contributed by atoms with Crippen LogP contribution >= 0.6 is 0 Å². The smallest absolute Gasteiger partial charge is 0.269 e. The molecule has 5 nitrogen and oxygen atoms in total.